The zero-order valence-corrected chi connectivity index (χ0v) is 12.2. The van der Waals surface area contributed by atoms with Crippen LogP contribution < -0.4 is 0 Å². The molecule has 1 atom stereocenters. The topological polar surface area (TPSA) is 35.5 Å². The first-order chi connectivity index (χ1) is 6.64. The molecule has 86 valence electrons. The van der Waals surface area contributed by atoms with Gasteiger partial charge in [-0.1, -0.05) is 21.6 Å². The molecule has 1 unspecified atom stereocenters. The van der Waals surface area contributed by atoms with Crippen LogP contribution in [0.3, 0.4) is 0 Å². The second kappa shape index (κ2) is 8.36. The Morgan fingerprint density at radius 2 is 1.71 bits per heavy atom. The van der Waals surface area contributed by atoms with E-state index < -0.39 is 7.60 Å². The normalized spacial score (nSPS) is 14.3. The molecule has 0 amide bonds. The summed E-state index contributed by atoms with van der Waals surface area (Å²) in [6.45, 7) is 4.49. The highest BCUT2D eigenvalue weighted by molar-refractivity contribution is 8.79. The van der Waals surface area contributed by atoms with Crippen LogP contribution in [0.15, 0.2) is 0 Å². The zero-order valence-electron chi connectivity index (χ0n) is 8.89. The molecule has 0 aliphatic carbocycles. The van der Waals surface area contributed by atoms with Crippen LogP contribution in [0.5, 0.6) is 0 Å². The Hall–Kier alpha value is 1.20. The summed E-state index contributed by atoms with van der Waals surface area (Å²) in [5, 5.41) is 0. The largest absolute Gasteiger partial charge is 0.354 e. The van der Waals surface area contributed by atoms with E-state index >= 15 is 0 Å². The lowest BCUT2D eigenvalue weighted by atomic mass is 10.9. The van der Waals surface area contributed by atoms with Gasteiger partial charge in [0.1, 0.15) is 0 Å². The fourth-order valence-electron chi connectivity index (χ4n) is 0.822. The van der Waals surface area contributed by atoms with Crippen LogP contribution in [0.2, 0.25) is 0 Å². The van der Waals surface area contributed by atoms with Crippen molar-refractivity contribution in [3.8, 4) is 0 Å². The van der Waals surface area contributed by atoms with Gasteiger partial charge in [-0.05, 0) is 26.4 Å². The highest BCUT2D eigenvalue weighted by Crippen LogP contribution is 2.62. The summed E-state index contributed by atoms with van der Waals surface area (Å²) in [7, 11) is 0.165. The highest BCUT2D eigenvalue weighted by Gasteiger charge is 2.35. The lowest BCUT2D eigenvalue weighted by molar-refractivity contribution is 0.223. The van der Waals surface area contributed by atoms with E-state index in [1.54, 1.807) is 10.8 Å². The van der Waals surface area contributed by atoms with Crippen molar-refractivity contribution < 1.29 is 13.6 Å². The standard InChI is InChI=1S/C7H17O3PS3/c1-5-9-11(8,10-6-2)7(12-3)14-13-4/h7H,5-6H2,1-4H3. The van der Waals surface area contributed by atoms with E-state index in [0.29, 0.717) is 13.2 Å². The first kappa shape index (κ1) is 15.2. The highest BCUT2D eigenvalue weighted by atomic mass is 33.1. The summed E-state index contributed by atoms with van der Waals surface area (Å²) in [6, 6.07) is 0. The third kappa shape index (κ3) is 4.81. The molecule has 0 saturated carbocycles. The Kier molecular flexibility index (Phi) is 9.08. The van der Waals surface area contributed by atoms with Crippen LogP contribution in [0.25, 0.3) is 0 Å². The molecule has 0 aliphatic rings. The molecule has 7 heteroatoms. The van der Waals surface area contributed by atoms with Gasteiger partial charge in [0.25, 0.3) is 0 Å². The van der Waals surface area contributed by atoms with Gasteiger partial charge < -0.3 is 9.05 Å². The monoisotopic (exact) mass is 276 g/mol. The van der Waals surface area contributed by atoms with Crippen LogP contribution in [0.4, 0.5) is 0 Å². The molecule has 0 aromatic rings. The van der Waals surface area contributed by atoms with Crippen LogP contribution >= 0.6 is 40.9 Å². The number of rotatable bonds is 8. The number of thioether (sulfide) groups is 1. The minimum atomic E-state index is -2.94. The Balaban J connectivity index is 4.48. The van der Waals surface area contributed by atoms with Crippen molar-refractivity contribution in [1.82, 2.24) is 0 Å². The van der Waals surface area contributed by atoms with Crippen LogP contribution in [0, 0.1) is 0 Å². The van der Waals surface area contributed by atoms with Gasteiger partial charge in [0.05, 0.1) is 13.2 Å². The minimum absolute atomic E-state index is 0.141. The summed E-state index contributed by atoms with van der Waals surface area (Å²) in [5.74, 6) is 0. The molecule has 0 saturated heterocycles. The van der Waals surface area contributed by atoms with Gasteiger partial charge in [0.2, 0.25) is 0 Å². The summed E-state index contributed by atoms with van der Waals surface area (Å²) in [5.41, 5.74) is 0. The van der Waals surface area contributed by atoms with Crippen LogP contribution in [-0.2, 0) is 13.6 Å². The predicted molar refractivity (Wildman–Crippen MR) is 69.3 cm³/mol. The van der Waals surface area contributed by atoms with E-state index in [0.717, 1.165) is 0 Å². The van der Waals surface area contributed by atoms with Crippen LogP contribution in [-0.4, -0.2) is 30.0 Å². The third-order valence-electron chi connectivity index (χ3n) is 1.26. The molecule has 0 rings (SSSR count). The van der Waals surface area contributed by atoms with Crippen molar-refractivity contribution in [2.75, 3.05) is 25.7 Å². The molecule has 0 bridgehead atoms. The van der Waals surface area contributed by atoms with Gasteiger partial charge in [-0.15, -0.1) is 11.8 Å². The maximum Gasteiger partial charge on any atom is 0.354 e. The summed E-state index contributed by atoms with van der Waals surface area (Å²) in [4.78, 5) is 0. The lowest BCUT2D eigenvalue weighted by Crippen LogP contribution is -2.05. The van der Waals surface area contributed by atoms with Gasteiger partial charge in [0, 0.05) is 0 Å². The Labute approximate surface area is 98.4 Å². The van der Waals surface area contributed by atoms with E-state index in [-0.39, 0.29) is 4.32 Å². The second-order valence-corrected chi connectivity index (χ2v) is 8.81. The van der Waals surface area contributed by atoms with E-state index in [1.165, 1.54) is 22.6 Å². The SMILES string of the molecule is CCOP(=O)(OCC)C(SC)SSC. The molecular weight excluding hydrogens is 259 g/mol. The average molecular weight is 276 g/mol. The van der Waals surface area contributed by atoms with Gasteiger partial charge in [-0.25, -0.2) is 0 Å². The van der Waals surface area contributed by atoms with Crippen molar-refractivity contribution in [3.05, 3.63) is 0 Å². The molecular formula is C7H17O3PS3. The molecule has 0 spiro atoms. The van der Waals surface area contributed by atoms with Crippen molar-refractivity contribution >= 4 is 40.9 Å². The molecule has 3 nitrogen and oxygen atoms in total. The van der Waals surface area contributed by atoms with Crippen molar-refractivity contribution in [1.29, 1.82) is 0 Å². The van der Waals surface area contributed by atoms with E-state index in [4.69, 9.17) is 9.05 Å². The first-order valence-corrected chi connectivity index (χ1v) is 9.77. The van der Waals surface area contributed by atoms with Gasteiger partial charge >= 0.3 is 7.60 Å². The molecule has 0 aromatic heterocycles. The van der Waals surface area contributed by atoms with Gasteiger partial charge in [0.15, 0.2) is 4.32 Å². The van der Waals surface area contributed by atoms with Gasteiger partial charge in [-0.3, -0.25) is 4.57 Å². The maximum atomic E-state index is 12.2. The lowest BCUT2D eigenvalue weighted by Gasteiger charge is -2.23. The third-order valence-corrected chi connectivity index (χ3v) is 9.08. The molecule has 0 N–H and O–H groups in total. The van der Waals surface area contributed by atoms with Crippen molar-refractivity contribution in [3.63, 3.8) is 0 Å². The molecule has 0 radical (unpaired) electrons. The first-order valence-electron chi connectivity index (χ1n) is 4.25. The molecule has 0 aliphatic heterocycles. The molecule has 0 fully saturated rings. The van der Waals surface area contributed by atoms with E-state index in [2.05, 4.69) is 0 Å². The van der Waals surface area contributed by atoms with Crippen LogP contribution in [0.1, 0.15) is 13.8 Å². The van der Waals surface area contributed by atoms with Crippen molar-refractivity contribution in [2.24, 2.45) is 0 Å². The Morgan fingerprint density at radius 1 is 1.21 bits per heavy atom. The van der Waals surface area contributed by atoms with Crippen molar-refractivity contribution in [2.45, 2.75) is 18.2 Å². The fraction of sp³-hybridized carbons (Fsp3) is 1.00. The minimum Gasteiger partial charge on any atom is -0.307 e. The quantitative estimate of drug-likeness (QED) is 0.380. The Bertz CT molecular complexity index is 181. The number of hydrogen-bond acceptors (Lipinski definition) is 6. The predicted octanol–water partition coefficient (Wildman–Crippen LogP) is 3.91. The van der Waals surface area contributed by atoms with Gasteiger partial charge in [-0.2, -0.15) is 0 Å². The summed E-state index contributed by atoms with van der Waals surface area (Å²) >= 11 is 1.51. The molecule has 0 aromatic carbocycles. The summed E-state index contributed by atoms with van der Waals surface area (Å²) < 4.78 is 22.6. The molecule has 14 heavy (non-hydrogen) atoms. The maximum absolute atomic E-state index is 12.2. The van der Waals surface area contributed by atoms with E-state index in [1.807, 2.05) is 26.4 Å². The Morgan fingerprint density at radius 3 is 2.00 bits per heavy atom. The number of hydrogen-bond donors (Lipinski definition) is 0. The summed E-state index contributed by atoms with van der Waals surface area (Å²) in [6.07, 6.45) is 3.87. The fourth-order valence-corrected chi connectivity index (χ4v) is 8.16. The van der Waals surface area contributed by atoms with E-state index in [9.17, 15) is 4.57 Å². The second-order valence-electron chi connectivity index (χ2n) is 2.18. The smallest absolute Gasteiger partial charge is 0.307 e. The average Bonchev–Trinajstić information content (AvgIpc) is 2.14. The zero-order chi connectivity index (χ0) is 11.0. The molecule has 0 heterocycles.